The van der Waals surface area contributed by atoms with Gasteiger partial charge in [-0.3, -0.25) is 29.6 Å². The van der Waals surface area contributed by atoms with Crippen molar-refractivity contribution in [1.29, 1.82) is 0 Å². The first-order chi connectivity index (χ1) is 15.0. The van der Waals surface area contributed by atoms with Gasteiger partial charge in [0.25, 0.3) is 17.5 Å². The summed E-state index contributed by atoms with van der Waals surface area (Å²) in [6.07, 6.45) is 1.61. The Hall–Kier alpha value is -3.78. The van der Waals surface area contributed by atoms with E-state index in [1.165, 1.54) is 40.9 Å². The zero-order chi connectivity index (χ0) is 21.8. The van der Waals surface area contributed by atoms with E-state index in [1.54, 1.807) is 24.4 Å². The summed E-state index contributed by atoms with van der Waals surface area (Å²) in [5.74, 6) is -0.298. The number of thioether (sulfide) groups is 1. The third-order valence-corrected chi connectivity index (χ3v) is 5.91. The number of non-ortho nitro benzene ring substituents is 1. The van der Waals surface area contributed by atoms with Crippen LogP contribution in [0.1, 0.15) is 16.8 Å². The number of nitro benzene ring substituents is 1. The summed E-state index contributed by atoms with van der Waals surface area (Å²) >= 11 is 1.29. The van der Waals surface area contributed by atoms with Crippen LogP contribution in [-0.2, 0) is 21.9 Å². The highest BCUT2D eigenvalue weighted by molar-refractivity contribution is 8.03. The van der Waals surface area contributed by atoms with Crippen molar-refractivity contribution in [2.75, 3.05) is 0 Å². The van der Waals surface area contributed by atoms with Crippen LogP contribution in [0.4, 0.5) is 5.69 Å². The van der Waals surface area contributed by atoms with Crippen molar-refractivity contribution < 1.29 is 14.5 Å². The fourth-order valence-corrected chi connectivity index (χ4v) is 4.31. The molecule has 0 atom stereocenters. The SMILES string of the molecule is O=C1C(SCc2ccccc2)=C(c2ccc([N+](=O)[O-])cc2)C(=O)N1Cc1ccccn1. The van der Waals surface area contributed by atoms with Crippen LogP contribution >= 0.6 is 11.8 Å². The van der Waals surface area contributed by atoms with Gasteiger partial charge < -0.3 is 0 Å². The third-order valence-electron chi connectivity index (χ3n) is 4.76. The van der Waals surface area contributed by atoms with Gasteiger partial charge in [0, 0.05) is 24.1 Å². The molecule has 1 aliphatic heterocycles. The van der Waals surface area contributed by atoms with Gasteiger partial charge in [-0.1, -0.05) is 36.4 Å². The second-order valence-electron chi connectivity index (χ2n) is 6.80. The lowest BCUT2D eigenvalue weighted by Gasteiger charge is -2.14. The molecule has 2 amide bonds. The van der Waals surface area contributed by atoms with E-state index in [2.05, 4.69) is 4.98 Å². The Kier molecular flexibility index (Phi) is 5.90. The highest BCUT2D eigenvalue weighted by Crippen LogP contribution is 2.38. The number of rotatable bonds is 7. The van der Waals surface area contributed by atoms with Crippen LogP contribution in [0.2, 0.25) is 0 Å². The van der Waals surface area contributed by atoms with Crippen molar-refractivity contribution in [3.8, 4) is 0 Å². The van der Waals surface area contributed by atoms with E-state index < -0.39 is 10.8 Å². The summed E-state index contributed by atoms with van der Waals surface area (Å²) in [6, 6.07) is 20.6. The first kappa shape index (κ1) is 20.5. The molecule has 1 aromatic heterocycles. The van der Waals surface area contributed by atoms with Crippen molar-refractivity contribution in [3.05, 3.63) is 111 Å². The summed E-state index contributed by atoms with van der Waals surface area (Å²) in [6.45, 7) is 0.0599. The quantitative estimate of drug-likeness (QED) is 0.316. The van der Waals surface area contributed by atoms with Crippen LogP contribution in [0.3, 0.4) is 0 Å². The van der Waals surface area contributed by atoms with Crippen LogP contribution in [0.5, 0.6) is 0 Å². The molecule has 0 unspecified atom stereocenters. The molecule has 154 valence electrons. The van der Waals surface area contributed by atoms with E-state index in [0.717, 1.165) is 5.56 Å². The van der Waals surface area contributed by atoms with Gasteiger partial charge in [0.1, 0.15) is 0 Å². The number of hydrogen-bond donors (Lipinski definition) is 0. The first-order valence-electron chi connectivity index (χ1n) is 9.46. The molecule has 0 fully saturated rings. The number of pyridine rings is 1. The van der Waals surface area contributed by atoms with Crippen molar-refractivity contribution in [2.24, 2.45) is 0 Å². The molecule has 2 aromatic carbocycles. The van der Waals surface area contributed by atoms with Crippen molar-refractivity contribution in [1.82, 2.24) is 9.88 Å². The topological polar surface area (TPSA) is 93.4 Å². The lowest BCUT2D eigenvalue weighted by atomic mass is 10.1. The molecular weight excluding hydrogens is 414 g/mol. The Labute approximate surface area is 182 Å². The van der Waals surface area contributed by atoms with Crippen LogP contribution in [0, 0.1) is 10.1 Å². The Morgan fingerprint density at radius 2 is 1.61 bits per heavy atom. The van der Waals surface area contributed by atoms with Crippen molar-refractivity contribution in [3.63, 3.8) is 0 Å². The highest BCUT2D eigenvalue weighted by Gasteiger charge is 2.39. The normalized spacial score (nSPS) is 13.7. The fraction of sp³-hybridized carbons (Fsp3) is 0.0870. The molecule has 1 aliphatic rings. The van der Waals surface area contributed by atoms with Gasteiger partial charge in [0.2, 0.25) is 0 Å². The highest BCUT2D eigenvalue weighted by atomic mass is 32.2. The molecule has 4 rings (SSSR count). The van der Waals surface area contributed by atoms with E-state index in [9.17, 15) is 19.7 Å². The summed E-state index contributed by atoms with van der Waals surface area (Å²) in [4.78, 5) is 42.6. The first-order valence-corrected chi connectivity index (χ1v) is 10.4. The molecule has 0 radical (unpaired) electrons. The van der Waals surface area contributed by atoms with Crippen molar-refractivity contribution >= 4 is 34.8 Å². The molecule has 0 bridgehead atoms. The number of nitrogens with zero attached hydrogens (tertiary/aromatic N) is 3. The molecule has 0 aliphatic carbocycles. The van der Waals surface area contributed by atoms with Crippen LogP contribution in [0.15, 0.2) is 83.9 Å². The lowest BCUT2D eigenvalue weighted by molar-refractivity contribution is -0.384. The predicted molar refractivity (Wildman–Crippen MR) is 118 cm³/mol. The Bertz CT molecular complexity index is 1160. The summed E-state index contributed by atoms with van der Waals surface area (Å²) in [7, 11) is 0. The molecule has 0 saturated heterocycles. The number of imide groups is 1. The summed E-state index contributed by atoms with van der Waals surface area (Å²) in [5, 5.41) is 11.0. The van der Waals surface area contributed by atoms with Crippen LogP contribution < -0.4 is 0 Å². The Balaban J connectivity index is 1.68. The molecule has 8 heteroatoms. The number of amides is 2. The molecule has 2 heterocycles. The van der Waals surface area contributed by atoms with Gasteiger partial charge in [-0.15, -0.1) is 11.8 Å². The van der Waals surface area contributed by atoms with Gasteiger partial charge in [-0.05, 0) is 35.4 Å². The molecule has 0 N–H and O–H groups in total. The predicted octanol–water partition coefficient (Wildman–Crippen LogP) is 4.20. The smallest absolute Gasteiger partial charge is 0.269 e. The maximum absolute atomic E-state index is 13.2. The summed E-state index contributed by atoms with van der Waals surface area (Å²) < 4.78 is 0. The number of hydrogen-bond acceptors (Lipinski definition) is 6. The molecule has 31 heavy (non-hydrogen) atoms. The van der Waals surface area contributed by atoms with E-state index in [1.807, 2.05) is 30.3 Å². The molecule has 3 aromatic rings. The monoisotopic (exact) mass is 431 g/mol. The van der Waals surface area contributed by atoms with E-state index in [4.69, 9.17) is 0 Å². The van der Waals surface area contributed by atoms with Crippen LogP contribution in [-0.4, -0.2) is 26.6 Å². The standard InChI is InChI=1S/C23H17N3O4S/c27-22-20(17-9-11-19(12-10-17)26(29)30)21(31-15-16-6-2-1-3-7-16)23(28)25(22)14-18-8-4-5-13-24-18/h1-13H,14-15H2. The van der Waals surface area contributed by atoms with Gasteiger partial charge in [0.15, 0.2) is 0 Å². The average molecular weight is 431 g/mol. The molecule has 0 spiro atoms. The number of aromatic nitrogens is 1. The van der Waals surface area contributed by atoms with E-state index in [-0.39, 0.29) is 23.7 Å². The molecule has 7 nitrogen and oxygen atoms in total. The number of carbonyl (C=O) groups excluding carboxylic acids is 2. The fourth-order valence-electron chi connectivity index (χ4n) is 3.22. The third kappa shape index (κ3) is 4.39. The largest absolute Gasteiger partial charge is 0.269 e. The Morgan fingerprint density at radius 3 is 2.26 bits per heavy atom. The minimum absolute atomic E-state index is 0.0599. The van der Waals surface area contributed by atoms with Gasteiger partial charge in [0.05, 0.1) is 27.6 Å². The zero-order valence-corrected chi connectivity index (χ0v) is 17.1. The molecular formula is C23H17N3O4S. The van der Waals surface area contributed by atoms with Gasteiger partial charge in [-0.25, -0.2) is 0 Å². The second kappa shape index (κ2) is 8.93. The maximum Gasteiger partial charge on any atom is 0.269 e. The second-order valence-corrected chi connectivity index (χ2v) is 7.79. The minimum Gasteiger partial charge on any atom is -0.269 e. The van der Waals surface area contributed by atoms with E-state index >= 15 is 0 Å². The number of carbonyl (C=O) groups is 2. The van der Waals surface area contributed by atoms with Crippen LogP contribution in [0.25, 0.3) is 5.57 Å². The van der Waals surface area contributed by atoms with Gasteiger partial charge >= 0.3 is 0 Å². The number of nitro groups is 1. The maximum atomic E-state index is 13.2. The van der Waals surface area contributed by atoms with Crippen molar-refractivity contribution in [2.45, 2.75) is 12.3 Å². The summed E-state index contributed by atoms with van der Waals surface area (Å²) in [5.41, 5.74) is 2.28. The number of benzene rings is 2. The lowest BCUT2D eigenvalue weighted by Crippen LogP contribution is -2.31. The van der Waals surface area contributed by atoms with E-state index in [0.29, 0.717) is 21.9 Å². The average Bonchev–Trinajstić information content (AvgIpc) is 3.03. The Morgan fingerprint density at radius 1 is 0.903 bits per heavy atom. The molecule has 0 saturated carbocycles. The van der Waals surface area contributed by atoms with Gasteiger partial charge in [-0.2, -0.15) is 0 Å². The minimum atomic E-state index is -0.502. The zero-order valence-electron chi connectivity index (χ0n) is 16.3.